The van der Waals surface area contributed by atoms with E-state index in [0.717, 1.165) is 39.1 Å². The molecule has 5 heteroatoms. The van der Waals surface area contributed by atoms with Gasteiger partial charge in [-0.15, -0.1) is 11.3 Å². The van der Waals surface area contributed by atoms with Gasteiger partial charge in [0.25, 0.3) is 0 Å². The second-order valence-corrected chi connectivity index (χ2v) is 5.57. The summed E-state index contributed by atoms with van der Waals surface area (Å²) in [6.45, 7) is 4.08. The highest BCUT2D eigenvalue weighted by Gasteiger charge is 2.17. The van der Waals surface area contributed by atoms with Crippen LogP contribution in [0.3, 0.4) is 0 Å². The Bertz CT molecular complexity index is 594. The largest absolute Gasteiger partial charge is 0.497 e. The van der Waals surface area contributed by atoms with Gasteiger partial charge in [-0.3, -0.25) is 0 Å². The number of rotatable bonds is 5. The van der Waals surface area contributed by atoms with Gasteiger partial charge < -0.3 is 15.2 Å². The summed E-state index contributed by atoms with van der Waals surface area (Å²) in [7, 11) is 3.31. The number of thiazole rings is 1. The predicted octanol–water partition coefficient (Wildman–Crippen LogP) is 3.41. The second-order valence-electron chi connectivity index (χ2n) is 4.54. The molecule has 0 saturated heterocycles. The quantitative estimate of drug-likeness (QED) is 0.917. The molecule has 0 aliphatic rings. The number of methoxy groups -OCH3 is 2. The first kappa shape index (κ1) is 14.8. The summed E-state index contributed by atoms with van der Waals surface area (Å²) in [5, 5.41) is 0.921. The van der Waals surface area contributed by atoms with Crippen molar-refractivity contribution in [3.63, 3.8) is 0 Å². The summed E-state index contributed by atoms with van der Waals surface area (Å²) < 4.78 is 10.7. The lowest BCUT2D eigenvalue weighted by Crippen LogP contribution is -2.05. The highest BCUT2D eigenvalue weighted by atomic mass is 32.1. The molecule has 4 nitrogen and oxygen atoms in total. The minimum atomic E-state index is -0.00666. The van der Waals surface area contributed by atoms with E-state index in [0.29, 0.717) is 0 Å². The summed E-state index contributed by atoms with van der Waals surface area (Å²) in [5.74, 6) is 1.58. The summed E-state index contributed by atoms with van der Waals surface area (Å²) in [6, 6.07) is 5.71. The van der Waals surface area contributed by atoms with Crippen LogP contribution >= 0.6 is 11.3 Å². The molecule has 2 N–H and O–H groups in total. The summed E-state index contributed by atoms with van der Waals surface area (Å²) in [6.07, 6.45) is 0.875. The topological polar surface area (TPSA) is 57.4 Å². The SMILES string of the molecule is CCc1nc(-c2cc(OC)ccc2OC)sc1C(C)N. The van der Waals surface area contributed by atoms with E-state index in [4.69, 9.17) is 20.2 Å². The van der Waals surface area contributed by atoms with E-state index in [1.807, 2.05) is 25.1 Å². The van der Waals surface area contributed by atoms with E-state index in [1.54, 1.807) is 25.6 Å². The van der Waals surface area contributed by atoms with E-state index in [1.165, 1.54) is 0 Å². The maximum Gasteiger partial charge on any atom is 0.129 e. The molecule has 2 rings (SSSR count). The van der Waals surface area contributed by atoms with E-state index >= 15 is 0 Å². The highest BCUT2D eigenvalue weighted by Crippen LogP contribution is 2.38. The molecule has 0 spiro atoms. The van der Waals surface area contributed by atoms with Gasteiger partial charge in [-0.05, 0) is 31.5 Å². The maximum atomic E-state index is 6.02. The van der Waals surface area contributed by atoms with Crippen molar-refractivity contribution in [3.8, 4) is 22.1 Å². The van der Waals surface area contributed by atoms with Crippen LogP contribution in [0.1, 0.15) is 30.5 Å². The normalized spacial score (nSPS) is 12.2. The number of aryl methyl sites for hydroxylation is 1. The van der Waals surface area contributed by atoms with Gasteiger partial charge in [0.05, 0.1) is 25.5 Å². The number of benzene rings is 1. The van der Waals surface area contributed by atoms with Gasteiger partial charge in [-0.1, -0.05) is 6.92 Å². The van der Waals surface area contributed by atoms with Crippen LogP contribution in [0.5, 0.6) is 11.5 Å². The lowest BCUT2D eigenvalue weighted by molar-refractivity contribution is 0.404. The van der Waals surface area contributed by atoms with Crippen molar-refractivity contribution in [2.24, 2.45) is 5.73 Å². The summed E-state index contributed by atoms with van der Waals surface area (Å²) in [5.41, 5.74) is 8.03. The van der Waals surface area contributed by atoms with Crippen molar-refractivity contribution < 1.29 is 9.47 Å². The number of hydrogen-bond acceptors (Lipinski definition) is 5. The third-order valence-corrected chi connectivity index (χ3v) is 4.44. The first-order valence-electron chi connectivity index (χ1n) is 6.58. The number of aromatic nitrogens is 1. The van der Waals surface area contributed by atoms with Crippen LogP contribution < -0.4 is 15.2 Å². The predicted molar refractivity (Wildman–Crippen MR) is 82.6 cm³/mol. The fraction of sp³-hybridized carbons (Fsp3) is 0.400. The van der Waals surface area contributed by atoms with Crippen LogP contribution in [0.2, 0.25) is 0 Å². The van der Waals surface area contributed by atoms with Crippen LogP contribution in [-0.4, -0.2) is 19.2 Å². The Morgan fingerprint density at radius 3 is 2.55 bits per heavy atom. The van der Waals surface area contributed by atoms with Gasteiger partial charge in [-0.25, -0.2) is 4.98 Å². The van der Waals surface area contributed by atoms with Crippen molar-refractivity contribution in [2.45, 2.75) is 26.3 Å². The van der Waals surface area contributed by atoms with Gasteiger partial charge >= 0.3 is 0 Å². The Morgan fingerprint density at radius 2 is 2.05 bits per heavy atom. The number of nitrogens with two attached hydrogens (primary N) is 1. The molecule has 1 unspecified atom stereocenters. The van der Waals surface area contributed by atoms with Gasteiger partial charge in [0.1, 0.15) is 16.5 Å². The first-order valence-corrected chi connectivity index (χ1v) is 7.39. The first-order chi connectivity index (χ1) is 9.60. The molecule has 1 heterocycles. The molecule has 0 aliphatic heterocycles. The fourth-order valence-corrected chi connectivity index (χ4v) is 3.20. The van der Waals surface area contributed by atoms with Crippen molar-refractivity contribution in [1.29, 1.82) is 0 Å². The monoisotopic (exact) mass is 292 g/mol. The van der Waals surface area contributed by atoms with E-state index in [9.17, 15) is 0 Å². The minimum Gasteiger partial charge on any atom is -0.497 e. The molecule has 1 aromatic heterocycles. The standard InChI is InChI=1S/C15H20N2O2S/c1-5-12-14(9(2)16)20-15(17-12)11-8-10(18-3)6-7-13(11)19-4/h6-9H,5,16H2,1-4H3. The molecule has 0 aliphatic carbocycles. The molecule has 0 fully saturated rings. The van der Waals surface area contributed by atoms with Crippen LogP contribution in [-0.2, 0) is 6.42 Å². The fourth-order valence-electron chi connectivity index (χ4n) is 2.07. The van der Waals surface area contributed by atoms with E-state index < -0.39 is 0 Å². The van der Waals surface area contributed by atoms with Crippen LogP contribution in [0.4, 0.5) is 0 Å². The average Bonchev–Trinajstić information content (AvgIpc) is 2.90. The van der Waals surface area contributed by atoms with Gasteiger partial charge in [0.15, 0.2) is 0 Å². The highest BCUT2D eigenvalue weighted by molar-refractivity contribution is 7.15. The molecule has 2 aromatic rings. The summed E-state index contributed by atoms with van der Waals surface area (Å²) >= 11 is 1.62. The Hall–Kier alpha value is -1.59. The zero-order valence-corrected chi connectivity index (χ0v) is 13.1. The molecule has 1 aromatic carbocycles. The lowest BCUT2D eigenvalue weighted by Gasteiger charge is -2.08. The summed E-state index contributed by atoms with van der Waals surface area (Å²) in [4.78, 5) is 5.84. The second kappa shape index (κ2) is 6.24. The molecule has 0 amide bonds. The molecule has 0 saturated carbocycles. The molecule has 0 bridgehead atoms. The molecule has 1 atom stereocenters. The Labute approximate surface area is 123 Å². The third-order valence-electron chi connectivity index (χ3n) is 3.11. The van der Waals surface area contributed by atoms with Crippen LogP contribution in [0.25, 0.3) is 10.6 Å². The Balaban J connectivity index is 2.55. The Morgan fingerprint density at radius 1 is 1.30 bits per heavy atom. The van der Waals surface area contributed by atoms with Crippen molar-refractivity contribution >= 4 is 11.3 Å². The van der Waals surface area contributed by atoms with Crippen LogP contribution in [0, 0.1) is 0 Å². The zero-order chi connectivity index (χ0) is 14.7. The number of hydrogen-bond donors (Lipinski definition) is 1. The average molecular weight is 292 g/mol. The molecule has 108 valence electrons. The van der Waals surface area contributed by atoms with Gasteiger partial charge in [0, 0.05) is 10.9 Å². The molecule has 0 radical (unpaired) electrons. The Kier molecular flexibility index (Phi) is 4.62. The number of ether oxygens (including phenoxy) is 2. The lowest BCUT2D eigenvalue weighted by atomic mass is 10.2. The third kappa shape index (κ3) is 2.78. The van der Waals surface area contributed by atoms with Crippen molar-refractivity contribution in [3.05, 3.63) is 28.8 Å². The van der Waals surface area contributed by atoms with Crippen molar-refractivity contribution in [1.82, 2.24) is 4.98 Å². The van der Waals surface area contributed by atoms with Gasteiger partial charge in [-0.2, -0.15) is 0 Å². The van der Waals surface area contributed by atoms with E-state index in [-0.39, 0.29) is 6.04 Å². The maximum absolute atomic E-state index is 6.02. The number of nitrogens with zero attached hydrogens (tertiary/aromatic N) is 1. The zero-order valence-electron chi connectivity index (χ0n) is 12.3. The molecular formula is C15H20N2O2S. The van der Waals surface area contributed by atoms with Gasteiger partial charge in [0.2, 0.25) is 0 Å². The van der Waals surface area contributed by atoms with Crippen molar-refractivity contribution in [2.75, 3.05) is 14.2 Å². The smallest absolute Gasteiger partial charge is 0.129 e. The molecular weight excluding hydrogens is 272 g/mol. The van der Waals surface area contributed by atoms with E-state index in [2.05, 4.69) is 6.92 Å². The molecule has 20 heavy (non-hydrogen) atoms. The minimum absolute atomic E-state index is 0.00666. The van der Waals surface area contributed by atoms with Crippen LogP contribution in [0.15, 0.2) is 18.2 Å².